The molecule has 2 atom stereocenters. The highest BCUT2D eigenvalue weighted by atomic mass is 35.5. The summed E-state index contributed by atoms with van der Waals surface area (Å²) in [5.74, 6) is 2.38. The van der Waals surface area contributed by atoms with Gasteiger partial charge in [-0.3, -0.25) is 4.79 Å². The van der Waals surface area contributed by atoms with E-state index in [0.717, 1.165) is 28.1 Å². The number of anilines is 1. The Bertz CT molecular complexity index is 1160. The average molecular weight is 480 g/mol. The van der Waals surface area contributed by atoms with Gasteiger partial charge in [-0.15, -0.1) is 0 Å². The maximum atomic E-state index is 13.5. The third-order valence-electron chi connectivity index (χ3n) is 6.38. The summed E-state index contributed by atoms with van der Waals surface area (Å²) in [6, 6.07) is 18.8. The van der Waals surface area contributed by atoms with Gasteiger partial charge in [0.15, 0.2) is 11.5 Å². The molecule has 1 aliphatic rings. The topological polar surface area (TPSA) is 48.0 Å². The van der Waals surface area contributed by atoms with Gasteiger partial charge in [0.1, 0.15) is 5.75 Å². The second-order valence-corrected chi connectivity index (χ2v) is 9.30. The molecular weight excluding hydrogens is 450 g/mol. The van der Waals surface area contributed by atoms with E-state index in [9.17, 15) is 4.79 Å². The summed E-state index contributed by atoms with van der Waals surface area (Å²) in [6.45, 7) is 6.29. The van der Waals surface area contributed by atoms with E-state index in [1.165, 1.54) is 0 Å². The van der Waals surface area contributed by atoms with E-state index in [1.54, 1.807) is 14.2 Å². The van der Waals surface area contributed by atoms with Gasteiger partial charge in [0.05, 0.1) is 32.8 Å². The highest BCUT2D eigenvalue weighted by Gasteiger charge is 2.36. The SMILES string of the molecule is COc1ccc(N2C(=O)Cc3cc(OC)c(OC(C)C(C)C)cc3C2c2ccc(Cl)cc2)cc1. The van der Waals surface area contributed by atoms with Crippen LogP contribution in [0.15, 0.2) is 60.7 Å². The Morgan fingerprint density at radius 2 is 1.59 bits per heavy atom. The van der Waals surface area contributed by atoms with Crippen LogP contribution in [0.1, 0.15) is 43.5 Å². The van der Waals surface area contributed by atoms with Gasteiger partial charge in [-0.25, -0.2) is 0 Å². The second-order valence-electron chi connectivity index (χ2n) is 8.86. The van der Waals surface area contributed by atoms with Crippen LogP contribution in [0, 0.1) is 5.92 Å². The fourth-order valence-electron chi connectivity index (χ4n) is 4.15. The lowest BCUT2D eigenvalue weighted by atomic mass is 9.86. The predicted octanol–water partition coefficient (Wildman–Crippen LogP) is 6.46. The molecule has 0 saturated carbocycles. The van der Waals surface area contributed by atoms with E-state index in [1.807, 2.05) is 72.5 Å². The van der Waals surface area contributed by atoms with Gasteiger partial charge in [-0.2, -0.15) is 0 Å². The maximum Gasteiger partial charge on any atom is 0.232 e. The van der Waals surface area contributed by atoms with Crippen LogP contribution in [0.2, 0.25) is 5.02 Å². The van der Waals surface area contributed by atoms with E-state index in [-0.39, 0.29) is 24.5 Å². The molecular formula is C28H30ClNO4. The smallest absolute Gasteiger partial charge is 0.232 e. The zero-order chi connectivity index (χ0) is 24.4. The molecule has 34 heavy (non-hydrogen) atoms. The first kappa shape index (κ1) is 24.0. The lowest BCUT2D eigenvalue weighted by Gasteiger charge is -2.38. The van der Waals surface area contributed by atoms with Crippen LogP contribution in [0.5, 0.6) is 17.2 Å². The molecule has 0 bridgehead atoms. The van der Waals surface area contributed by atoms with Crippen LogP contribution in [-0.4, -0.2) is 26.2 Å². The molecule has 178 valence electrons. The number of fused-ring (bicyclic) bond motifs is 1. The molecule has 0 aliphatic carbocycles. The Morgan fingerprint density at radius 3 is 2.18 bits per heavy atom. The quantitative estimate of drug-likeness (QED) is 0.390. The number of hydrogen-bond acceptors (Lipinski definition) is 4. The first-order valence-electron chi connectivity index (χ1n) is 11.4. The fraction of sp³-hybridized carbons (Fsp3) is 0.321. The number of hydrogen-bond donors (Lipinski definition) is 0. The zero-order valence-corrected chi connectivity index (χ0v) is 20.9. The number of rotatable bonds is 7. The van der Waals surface area contributed by atoms with E-state index < -0.39 is 0 Å². The molecule has 0 saturated heterocycles. The first-order valence-corrected chi connectivity index (χ1v) is 11.8. The molecule has 1 heterocycles. The summed E-state index contributed by atoms with van der Waals surface area (Å²) < 4.78 is 17.3. The van der Waals surface area contributed by atoms with Crippen molar-refractivity contribution >= 4 is 23.2 Å². The van der Waals surface area contributed by atoms with E-state index in [4.69, 9.17) is 25.8 Å². The van der Waals surface area contributed by atoms with E-state index in [2.05, 4.69) is 13.8 Å². The summed E-state index contributed by atoms with van der Waals surface area (Å²) in [5, 5.41) is 0.645. The van der Waals surface area contributed by atoms with Crippen LogP contribution in [0.4, 0.5) is 5.69 Å². The molecule has 0 aromatic heterocycles. The zero-order valence-electron chi connectivity index (χ0n) is 20.2. The van der Waals surface area contributed by atoms with Gasteiger partial charge in [0.2, 0.25) is 5.91 Å². The molecule has 1 aliphatic heterocycles. The minimum atomic E-state index is -0.343. The maximum absolute atomic E-state index is 13.5. The van der Waals surface area contributed by atoms with Crippen molar-refractivity contribution in [3.8, 4) is 17.2 Å². The number of halogens is 1. The van der Waals surface area contributed by atoms with Crippen LogP contribution >= 0.6 is 11.6 Å². The minimum absolute atomic E-state index is 0.00356. The van der Waals surface area contributed by atoms with Gasteiger partial charge in [-0.1, -0.05) is 37.6 Å². The van der Waals surface area contributed by atoms with Gasteiger partial charge in [0, 0.05) is 10.7 Å². The number of methoxy groups -OCH3 is 2. The highest BCUT2D eigenvalue weighted by Crippen LogP contribution is 2.44. The number of ether oxygens (including phenoxy) is 3. The summed E-state index contributed by atoms with van der Waals surface area (Å²) >= 11 is 6.19. The van der Waals surface area contributed by atoms with Crippen molar-refractivity contribution in [1.82, 2.24) is 0 Å². The largest absolute Gasteiger partial charge is 0.497 e. The number of carbonyl (C=O) groups is 1. The number of benzene rings is 3. The van der Waals surface area contributed by atoms with Crippen LogP contribution in [0.3, 0.4) is 0 Å². The van der Waals surface area contributed by atoms with Crippen LogP contribution < -0.4 is 19.1 Å². The Balaban J connectivity index is 1.88. The summed E-state index contributed by atoms with van der Waals surface area (Å²) in [7, 11) is 3.25. The molecule has 0 N–H and O–H groups in total. The number of nitrogens with zero attached hydrogens (tertiary/aromatic N) is 1. The monoisotopic (exact) mass is 479 g/mol. The Kier molecular flexibility index (Phi) is 7.03. The van der Waals surface area contributed by atoms with E-state index in [0.29, 0.717) is 22.4 Å². The van der Waals surface area contributed by atoms with Crippen molar-refractivity contribution in [3.05, 3.63) is 82.4 Å². The normalized spacial score (nSPS) is 16.3. The first-order chi connectivity index (χ1) is 16.3. The number of amides is 1. The van der Waals surface area contributed by atoms with Crippen LogP contribution in [-0.2, 0) is 11.2 Å². The van der Waals surface area contributed by atoms with Crippen molar-refractivity contribution in [1.29, 1.82) is 0 Å². The Morgan fingerprint density at radius 1 is 0.912 bits per heavy atom. The van der Waals surface area contributed by atoms with Crippen molar-refractivity contribution in [2.75, 3.05) is 19.1 Å². The predicted molar refractivity (Wildman–Crippen MR) is 135 cm³/mol. The Hall–Kier alpha value is -3.18. The third kappa shape index (κ3) is 4.71. The summed E-state index contributed by atoms with van der Waals surface area (Å²) in [4.78, 5) is 15.4. The lowest BCUT2D eigenvalue weighted by Crippen LogP contribution is -2.41. The molecule has 3 aromatic carbocycles. The minimum Gasteiger partial charge on any atom is -0.497 e. The van der Waals surface area contributed by atoms with Gasteiger partial charge in [0.25, 0.3) is 0 Å². The van der Waals surface area contributed by atoms with E-state index >= 15 is 0 Å². The number of carbonyl (C=O) groups excluding carboxylic acids is 1. The molecule has 3 aromatic rings. The van der Waals surface area contributed by atoms with Crippen molar-refractivity contribution < 1.29 is 19.0 Å². The highest BCUT2D eigenvalue weighted by molar-refractivity contribution is 6.30. The molecule has 0 spiro atoms. The summed E-state index contributed by atoms with van der Waals surface area (Å²) in [5.41, 5.74) is 3.69. The molecule has 6 heteroatoms. The third-order valence-corrected chi connectivity index (χ3v) is 6.63. The molecule has 1 amide bonds. The summed E-state index contributed by atoms with van der Waals surface area (Å²) in [6.07, 6.45) is 0.269. The van der Waals surface area contributed by atoms with Crippen molar-refractivity contribution in [2.24, 2.45) is 5.92 Å². The molecule has 4 rings (SSSR count). The second kappa shape index (κ2) is 9.98. The van der Waals surface area contributed by atoms with Crippen molar-refractivity contribution in [2.45, 2.75) is 39.3 Å². The fourth-order valence-corrected chi connectivity index (χ4v) is 4.28. The van der Waals surface area contributed by atoms with Crippen molar-refractivity contribution in [3.63, 3.8) is 0 Å². The van der Waals surface area contributed by atoms with Gasteiger partial charge in [-0.05, 0) is 78.1 Å². The van der Waals surface area contributed by atoms with Crippen LogP contribution in [0.25, 0.3) is 0 Å². The molecule has 5 nitrogen and oxygen atoms in total. The molecule has 0 radical (unpaired) electrons. The lowest BCUT2D eigenvalue weighted by molar-refractivity contribution is -0.118. The molecule has 0 fully saturated rings. The standard InChI is InChI=1S/C28H30ClNO4/c1-17(2)18(3)34-26-16-24-20(14-25(26)33-5)15-27(31)30(22-10-12-23(32-4)13-11-22)28(24)19-6-8-21(29)9-7-19/h6-14,16-18,28H,15H2,1-5H3. The Labute approximate surface area is 206 Å². The van der Waals surface area contributed by atoms with Gasteiger partial charge < -0.3 is 19.1 Å². The average Bonchev–Trinajstić information content (AvgIpc) is 2.83. The van der Waals surface area contributed by atoms with Gasteiger partial charge >= 0.3 is 0 Å². The molecule has 2 unspecified atom stereocenters.